The summed E-state index contributed by atoms with van der Waals surface area (Å²) in [4.78, 5) is 13.7. The summed E-state index contributed by atoms with van der Waals surface area (Å²) in [6.45, 7) is 7.06. The van der Waals surface area contributed by atoms with Crippen LogP contribution in [0.15, 0.2) is 18.2 Å². The standard InChI is InChI=1S/C16H22F2N2O2/c1-16(2,3)22-15(21)20-7-6-19-13(10-20)8-11-4-5-12(17)9-14(11)18/h4-5,9,13,19H,6-8,10H2,1-3H3. The van der Waals surface area contributed by atoms with E-state index in [1.807, 2.05) is 20.8 Å². The molecule has 1 unspecified atom stereocenters. The second kappa shape index (κ2) is 6.60. The summed E-state index contributed by atoms with van der Waals surface area (Å²) in [5.41, 5.74) is -0.106. The van der Waals surface area contributed by atoms with Crippen LogP contribution in [0.3, 0.4) is 0 Å². The normalized spacial score (nSPS) is 19.1. The number of benzene rings is 1. The summed E-state index contributed by atoms with van der Waals surface area (Å²) in [6, 6.07) is 3.48. The number of halogens is 2. The van der Waals surface area contributed by atoms with Crippen LogP contribution in [0, 0.1) is 11.6 Å². The number of amides is 1. The van der Waals surface area contributed by atoms with E-state index in [0.29, 0.717) is 31.6 Å². The lowest BCUT2D eigenvalue weighted by atomic mass is 10.0. The molecule has 1 aromatic rings. The molecule has 22 heavy (non-hydrogen) atoms. The minimum Gasteiger partial charge on any atom is -0.444 e. The molecule has 1 aliphatic heterocycles. The van der Waals surface area contributed by atoms with E-state index in [-0.39, 0.29) is 12.1 Å². The molecule has 0 aliphatic carbocycles. The number of rotatable bonds is 2. The fraction of sp³-hybridized carbons (Fsp3) is 0.562. The second-order valence-electron chi connectivity index (χ2n) is 6.52. The molecule has 0 saturated carbocycles. The number of carbonyl (C=O) groups is 1. The molecule has 1 fully saturated rings. The quantitative estimate of drug-likeness (QED) is 0.913. The van der Waals surface area contributed by atoms with Crippen molar-refractivity contribution in [3.05, 3.63) is 35.4 Å². The molecule has 4 nitrogen and oxygen atoms in total. The molecule has 1 aliphatic rings. The Hall–Kier alpha value is -1.69. The molecule has 122 valence electrons. The lowest BCUT2D eigenvalue weighted by Crippen LogP contribution is -2.54. The van der Waals surface area contributed by atoms with Crippen LogP contribution < -0.4 is 5.32 Å². The van der Waals surface area contributed by atoms with Crippen molar-refractivity contribution in [1.82, 2.24) is 10.2 Å². The van der Waals surface area contributed by atoms with Gasteiger partial charge < -0.3 is 15.0 Å². The van der Waals surface area contributed by atoms with Crippen molar-refractivity contribution in [3.63, 3.8) is 0 Å². The van der Waals surface area contributed by atoms with Gasteiger partial charge in [-0.25, -0.2) is 13.6 Å². The maximum atomic E-state index is 13.7. The number of nitrogens with one attached hydrogen (secondary N) is 1. The van der Waals surface area contributed by atoms with E-state index in [0.717, 1.165) is 6.07 Å². The molecule has 0 spiro atoms. The zero-order valence-corrected chi connectivity index (χ0v) is 13.2. The Labute approximate surface area is 129 Å². The van der Waals surface area contributed by atoms with E-state index in [1.165, 1.54) is 12.1 Å². The van der Waals surface area contributed by atoms with Crippen LogP contribution in [-0.4, -0.2) is 42.3 Å². The van der Waals surface area contributed by atoms with Gasteiger partial charge in [0, 0.05) is 31.7 Å². The molecule has 1 N–H and O–H groups in total. The van der Waals surface area contributed by atoms with Gasteiger partial charge in [-0.3, -0.25) is 0 Å². The molecule has 6 heteroatoms. The first-order valence-corrected chi connectivity index (χ1v) is 7.40. The molecule has 2 rings (SSSR count). The molecular formula is C16H22F2N2O2. The Kier molecular flexibility index (Phi) is 5.01. The first kappa shape index (κ1) is 16.7. The van der Waals surface area contributed by atoms with E-state index in [4.69, 9.17) is 4.74 Å². The molecular weight excluding hydrogens is 290 g/mol. The van der Waals surface area contributed by atoms with Gasteiger partial charge in [0.2, 0.25) is 0 Å². The predicted octanol–water partition coefficient (Wildman–Crippen LogP) is 2.72. The lowest BCUT2D eigenvalue weighted by Gasteiger charge is -2.35. The third-order valence-corrected chi connectivity index (χ3v) is 3.39. The van der Waals surface area contributed by atoms with E-state index in [9.17, 15) is 13.6 Å². The maximum Gasteiger partial charge on any atom is 0.410 e. The first-order chi connectivity index (χ1) is 10.2. The fourth-order valence-electron chi connectivity index (χ4n) is 2.41. The Bertz CT molecular complexity index is 543. The van der Waals surface area contributed by atoms with Gasteiger partial charge in [-0.2, -0.15) is 0 Å². The highest BCUT2D eigenvalue weighted by atomic mass is 19.1. The first-order valence-electron chi connectivity index (χ1n) is 7.40. The van der Waals surface area contributed by atoms with Gasteiger partial charge in [-0.15, -0.1) is 0 Å². The van der Waals surface area contributed by atoms with Gasteiger partial charge in [-0.1, -0.05) is 6.07 Å². The van der Waals surface area contributed by atoms with Crippen LogP contribution in [0.4, 0.5) is 13.6 Å². The van der Waals surface area contributed by atoms with E-state index in [1.54, 1.807) is 4.90 Å². The number of carbonyl (C=O) groups excluding carboxylic acids is 1. The molecule has 1 atom stereocenters. The summed E-state index contributed by atoms with van der Waals surface area (Å²) >= 11 is 0. The minimum absolute atomic E-state index is 0.0822. The third kappa shape index (κ3) is 4.66. The van der Waals surface area contributed by atoms with Gasteiger partial charge in [-0.05, 0) is 38.8 Å². The summed E-state index contributed by atoms with van der Waals surface area (Å²) in [5, 5.41) is 3.25. The zero-order valence-electron chi connectivity index (χ0n) is 13.2. The van der Waals surface area contributed by atoms with Crippen molar-refractivity contribution in [3.8, 4) is 0 Å². The van der Waals surface area contributed by atoms with Crippen molar-refractivity contribution in [1.29, 1.82) is 0 Å². The largest absolute Gasteiger partial charge is 0.444 e. The lowest BCUT2D eigenvalue weighted by molar-refractivity contribution is 0.0195. The van der Waals surface area contributed by atoms with E-state index >= 15 is 0 Å². The van der Waals surface area contributed by atoms with E-state index < -0.39 is 17.2 Å². The Morgan fingerprint density at radius 2 is 2.14 bits per heavy atom. The van der Waals surface area contributed by atoms with Gasteiger partial charge in [0.15, 0.2) is 0 Å². The molecule has 1 heterocycles. The molecule has 0 radical (unpaired) electrons. The summed E-state index contributed by atoms with van der Waals surface area (Å²) in [6.07, 6.45) is 0.0318. The van der Waals surface area contributed by atoms with Gasteiger partial charge in [0.1, 0.15) is 17.2 Å². The maximum absolute atomic E-state index is 13.7. The van der Waals surface area contributed by atoms with Gasteiger partial charge in [0.05, 0.1) is 0 Å². The number of hydrogen-bond donors (Lipinski definition) is 1. The highest BCUT2D eigenvalue weighted by molar-refractivity contribution is 5.68. The Morgan fingerprint density at radius 1 is 1.41 bits per heavy atom. The summed E-state index contributed by atoms with van der Waals surface area (Å²) in [7, 11) is 0. The van der Waals surface area contributed by atoms with Crippen LogP contribution >= 0.6 is 0 Å². The van der Waals surface area contributed by atoms with Crippen molar-refractivity contribution >= 4 is 6.09 Å². The average molecular weight is 312 g/mol. The van der Waals surface area contributed by atoms with Crippen molar-refractivity contribution < 1.29 is 18.3 Å². The van der Waals surface area contributed by atoms with Crippen LogP contribution in [-0.2, 0) is 11.2 Å². The third-order valence-electron chi connectivity index (χ3n) is 3.39. The van der Waals surface area contributed by atoms with Crippen LogP contribution in [0.2, 0.25) is 0 Å². The molecule has 0 aromatic heterocycles. The average Bonchev–Trinajstić information content (AvgIpc) is 2.40. The van der Waals surface area contributed by atoms with Crippen LogP contribution in [0.25, 0.3) is 0 Å². The van der Waals surface area contributed by atoms with Crippen molar-refractivity contribution in [2.24, 2.45) is 0 Å². The van der Waals surface area contributed by atoms with E-state index in [2.05, 4.69) is 5.32 Å². The van der Waals surface area contributed by atoms with Crippen molar-refractivity contribution in [2.75, 3.05) is 19.6 Å². The monoisotopic (exact) mass is 312 g/mol. The van der Waals surface area contributed by atoms with Gasteiger partial charge >= 0.3 is 6.09 Å². The van der Waals surface area contributed by atoms with Gasteiger partial charge in [0.25, 0.3) is 0 Å². The topological polar surface area (TPSA) is 41.6 Å². The SMILES string of the molecule is CC(C)(C)OC(=O)N1CCNC(Cc2ccc(F)cc2F)C1. The van der Waals surface area contributed by atoms with Crippen LogP contribution in [0.5, 0.6) is 0 Å². The zero-order chi connectivity index (χ0) is 16.3. The fourth-order valence-corrected chi connectivity index (χ4v) is 2.41. The smallest absolute Gasteiger partial charge is 0.410 e. The number of nitrogens with zero attached hydrogens (tertiary/aromatic N) is 1. The number of ether oxygens (including phenoxy) is 1. The minimum atomic E-state index is -0.590. The number of piperazine rings is 1. The Balaban J connectivity index is 1.97. The Morgan fingerprint density at radius 3 is 2.77 bits per heavy atom. The highest BCUT2D eigenvalue weighted by Gasteiger charge is 2.27. The molecule has 1 saturated heterocycles. The summed E-state index contributed by atoms with van der Waals surface area (Å²) < 4.78 is 32.0. The molecule has 1 amide bonds. The summed E-state index contributed by atoms with van der Waals surface area (Å²) in [5.74, 6) is -1.15. The van der Waals surface area contributed by atoms with Crippen molar-refractivity contribution in [2.45, 2.75) is 38.8 Å². The highest BCUT2D eigenvalue weighted by Crippen LogP contribution is 2.15. The predicted molar refractivity (Wildman–Crippen MR) is 79.7 cm³/mol. The number of hydrogen-bond acceptors (Lipinski definition) is 3. The molecule has 0 bridgehead atoms. The second-order valence-corrected chi connectivity index (χ2v) is 6.52. The molecule has 1 aromatic carbocycles. The van der Waals surface area contributed by atoms with Crippen LogP contribution in [0.1, 0.15) is 26.3 Å².